The van der Waals surface area contributed by atoms with Crippen molar-refractivity contribution in [2.45, 2.75) is 4.90 Å². The maximum Gasteiger partial charge on any atom is 0.261 e. The molecule has 0 bridgehead atoms. The second-order valence-corrected chi connectivity index (χ2v) is 8.91. The van der Waals surface area contributed by atoms with Gasteiger partial charge in [0.2, 0.25) is 0 Å². The van der Waals surface area contributed by atoms with Crippen molar-refractivity contribution in [2.24, 2.45) is 0 Å². The summed E-state index contributed by atoms with van der Waals surface area (Å²) in [4.78, 5) is 12.5. The van der Waals surface area contributed by atoms with Crippen LogP contribution < -0.4 is 10.0 Å². The molecule has 27 heavy (non-hydrogen) atoms. The van der Waals surface area contributed by atoms with E-state index in [1.54, 1.807) is 30.3 Å². The van der Waals surface area contributed by atoms with Gasteiger partial charge in [0.25, 0.3) is 15.9 Å². The summed E-state index contributed by atoms with van der Waals surface area (Å²) in [5.74, 6) is -0.376. The van der Waals surface area contributed by atoms with Crippen LogP contribution in [0.1, 0.15) is 10.4 Å². The van der Waals surface area contributed by atoms with Crippen LogP contribution in [0.25, 0.3) is 0 Å². The fourth-order valence-corrected chi connectivity index (χ4v) is 4.00. The summed E-state index contributed by atoms with van der Waals surface area (Å²) in [6, 6.07) is 19.7. The van der Waals surface area contributed by atoms with Crippen molar-refractivity contribution in [1.29, 1.82) is 0 Å². The summed E-state index contributed by atoms with van der Waals surface area (Å²) < 4.78 is 28.2. The van der Waals surface area contributed by atoms with E-state index in [-0.39, 0.29) is 27.1 Å². The Kier molecular flexibility index (Phi) is 6.03. The quantitative estimate of drug-likeness (QED) is 0.473. The number of hydrogen-bond acceptors (Lipinski definition) is 3. The summed E-state index contributed by atoms with van der Waals surface area (Å²) >= 11 is 8.37. The van der Waals surface area contributed by atoms with Crippen molar-refractivity contribution in [2.75, 3.05) is 10.0 Å². The SMILES string of the molecule is O=C(Nc1ccc(I)cc1)c1ccc(NS(=O)(=O)c2ccccc2)cc1Cl. The van der Waals surface area contributed by atoms with Gasteiger partial charge in [-0.05, 0) is 77.2 Å². The number of anilines is 2. The standard InChI is InChI=1S/C19H14ClIN2O3S/c20-18-12-15(23-27(25,26)16-4-2-1-3-5-16)10-11-17(18)19(24)22-14-8-6-13(21)7-9-14/h1-12,23H,(H,22,24). The van der Waals surface area contributed by atoms with Crippen LogP contribution in [0.5, 0.6) is 0 Å². The molecular weight excluding hydrogens is 499 g/mol. The van der Waals surface area contributed by atoms with Crippen LogP contribution >= 0.6 is 34.2 Å². The first-order chi connectivity index (χ1) is 12.8. The predicted molar refractivity (Wildman–Crippen MR) is 116 cm³/mol. The molecule has 5 nitrogen and oxygen atoms in total. The number of benzene rings is 3. The minimum atomic E-state index is -3.73. The molecule has 0 spiro atoms. The third-order valence-electron chi connectivity index (χ3n) is 3.62. The molecule has 3 aromatic rings. The van der Waals surface area contributed by atoms with E-state index in [4.69, 9.17) is 11.6 Å². The number of halogens is 2. The van der Waals surface area contributed by atoms with Gasteiger partial charge in [-0.3, -0.25) is 9.52 Å². The van der Waals surface area contributed by atoms with Crippen molar-refractivity contribution < 1.29 is 13.2 Å². The Morgan fingerprint density at radius 2 is 1.52 bits per heavy atom. The van der Waals surface area contributed by atoms with E-state index in [0.29, 0.717) is 5.69 Å². The first kappa shape index (κ1) is 19.7. The molecular formula is C19H14ClIN2O3S. The van der Waals surface area contributed by atoms with Gasteiger partial charge in [-0.1, -0.05) is 29.8 Å². The van der Waals surface area contributed by atoms with E-state index in [0.717, 1.165) is 3.57 Å². The third kappa shape index (κ3) is 5.00. The van der Waals surface area contributed by atoms with Crippen LogP contribution in [-0.2, 0) is 10.0 Å². The van der Waals surface area contributed by atoms with Gasteiger partial charge in [0.1, 0.15) is 0 Å². The molecule has 138 valence electrons. The highest BCUT2D eigenvalue weighted by molar-refractivity contribution is 14.1. The van der Waals surface area contributed by atoms with Gasteiger partial charge in [-0.25, -0.2) is 8.42 Å². The number of carbonyl (C=O) groups is 1. The van der Waals surface area contributed by atoms with Crippen LogP contribution in [-0.4, -0.2) is 14.3 Å². The zero-order valence-corrected chi connectivity index (χ0v) is 17.5. The van der Waals surface area contributed by atoms with E-state index in [9.17, 15) is 13.2 Å². The summed E-state index contributed by atoms with van der Waals surface area (Å²) in [6.45, 7) is 0. The third-order valence-corrected chi connectivity index (χ3v) is 6.05. The molecule has 2 N–H and O–H groups in total. The summed E-state index contributed by atoms with van der Waals surface area (Å²) in [5, 5.41) is 2.90. The number of amides is 1. The fourth-order valence-electron chi connectivity index (χ4n) is 2.31. The fraction of sp³-hybridized carbons (Fsp3) is 0. The number of hydrogen-bond donors (Lipinski definition) is 2. The summed E-state index contributed by atoms with van der Waals surface area (Å²) in [5.41, 5.74) is 1.16. The molecule has 0 atom stereocenters. The monoisotopic (exact) mass is 512 g/mol. The van der Waals surface area contributed by atoms with Crippen LogP contribution in [0.4, 0.5) is 11.4 Å². The van der Waals surface area contributed by atoms with Crippen LogP contribution in [0.3, 0.4) is 0 Å². The smallest absolute Gasteiger partial charge is 0.261 e. The Labute approximate surface area is 175 Å². The Bertz CT molecular complexity index is 1070. The molecule has 3 aromatic carbocycles. The van der Waals surface area contributed by atoms with Crippen molar-refractivity contribution in [3.63, 3.8) is 0 Å². The van der Waals surface area contributed by atoms with E-state index in [1.165, 1.54) is 30.3 Å². The molecule has 0 aromatic heterocycles. The van der Waals surface area contributed by atoms with Gasteiger partial charge in [0.15, 0.2) is 0 Å². The highest BCUT2D eigenvalue weighted by atomic mass is 127. The maximum atomic E-state index is 12.4. The highest BCUT2D eigenvalue weighted by Gasteiger charge is 2.16. The average Bonchev–Trinajstić information content (AvgIpc) is 2.64. The predicted octanol–water partition coefficient (Wildman–Crippen LogP) is 5.00. The van der Waals surface area contributed by atoms with Crippen molar-refractivity contribution >= 4 is 61.5 Å². The first-order valence-electron chi connectivity index (χ1n) is 7.79. The molecule has 0 saturated carbocycles. The lowest BCUT2D eigenvalue weighted by atomic mass is 10.2. The molecule has 0 radical (unpaired) electrons. The van der Waals surface area contributed by atoms with Crippen LogP contribution in [0.2, 0.25) is 5.02 Å². The Balaban J connectivity index is 1.77. The van der Waals surface area contributed by atoms with Gasteiger partial charge in [-0.15, -0.1) is 0 Å². The number of rotatable bonds is 5. The molecule has 1 amide bonds. The number of nitrogens with one attached hydrogen (secondary N) is 2. The van der Waals surface area contributed by atoms with Crippen LogP contribution in [0.15, 0.2) is 77.7 Å². The average molecular weight is 513 g/mol. The van der Waals surface area contributed by atoms with Gasteiger partial charge < -0.3 is 5.32 Å². The Morgan fingerprint density at radius 1 is 0.889 bits per heavy atom. The van der Waals surface area contributed by atoms with Gasteiger partial charge >= 0.3 is 0 Å². The van der Waals surface area contributed by atoms with E-state index in [2.05, 4.69) is 32.6 Å². The largest absolute Gasteiger partial charge is 0.322 e. The van der Waals surface area contributed by atoms with E-state index in [1.807, 2.05) is 12.1 Å². The minimum absolute atomic E-state index is 0.140. The zero-order chi connectivity index (χ0) is 19.4. The lowest BCUT2D eigenvalue weighted by molar-refractivity contribution is 0.102. The van der Waals surface area contributed by atoms with Crippen molar-refractivity contribution in [3.8, 4) is 0 Å². The Hall–Kier alpha value is -2.10. The summed E-state index contributed by atoms with van der Waals surface area (Å²) in [6.07, 6.45) is 0. The highest BCUT2D eigenvalue weighted by Crippen LogP contribution is 2.24. The maximum absolute atomic E-state index is 12.4. The normalized spacial score (nSPS) is 11.0. The minimum Gasteiger partial charge on any atom is -0.322 e. The molecule has 8 heteroatoms. The van der Waals surface area contributed by atoms with Gasteiger partial charge in [0.05, 0.1) is 21.2 Å². The molecule has 0 aliphatic heterocycles. The molecule has 0 unspecified atom stereocenters. The second-order valence-electron chi connectivity index (χ2n) is 5.57. The second kappa shape index (κ2) is 8.28. The van der Waals surface area contributed by atoms with Crippen molar-refractivity contribution in [1.82, 2.24) is 0 Å². The molecule has 0 saturated heterocycles. The van der Waals surface area contributed by atoms with Gasteiger partial charge in [-0.2, -0.15) is 0 Å². The van der Waals surface area contributed by atoms with E-state index < -0.39 is 10.0 Å². The molecule has 0 aliphatic carbocycles. The Morgan fingerprint density at radius 3 is 2.15 bits per heavy atom. The first-order valence-corrected chi connectivity index (χ1v) is 10.7. The summed E-state index contributed by atoms with van der Waals surface area (Å²) in [7, 11) is -3.73. The lowest BCUT2D eigenvalue weighted by Crippen LogP contribution is -2.14. The topological polar surface area (TPSA) is 75.3 Å². The zero-order valence-electron chi connectivity index (χ0n) is 13.8. The molecule has 0 heterocycles. The number of sulfonamides is 1. The molecule has 0 fully saturated rings. The molecule has 0 aliphatic rings. The molecule has 3 rings (SSSR count). The van der Waals surface area contributed by atoms with Crippen LogP contribution in [0, 0.1) is 3.57 Å². The van der Waals surface area contributed by atoms with Gasteiger partial charge in [0, 0.05) is 9.26 Å². The van der Waals surface area contributed by atoms with E-state index >= 15 is 0 Å². The lowest BCUT2D eigenvalue weighted by Gasteiger charge is -2.11. The van der Waals surface area contributed by atoms with Crippen molar-refractivity contribution in [3.05, 3.63) is 87.0 Å². The number of carbonyl (C=O) groups excluding carboxylic acids is 1.